The zero-order valence-electron chi connectivity index (χ0n) is 40.0. The molecule has 2 aromatic rings. The number of aromatic hydroxyl groups is 1. The lowest BCUT2D eigenvalue weighted by Gasteiger charge is -2.30. The smallest absolute Gasteiger partial charge is 0.322 e. The fourth-order valence-corrected chi connectivity index (χ4v) is 7.97. The minimum atomic E-state index is -1.79. The molecule has 1 aliphatic rings. The van der Waals surface area contributed by atoms with E-state index in [1.54, 1.807) is 30.3 Å². The van der Waals surface area contributed by atoms with E-state index in [4.69, 9.17) is 28.0 Å². The Hall–Kier alpha value is -6.97. The molecule has 10 amide bonds. The average molecular weight is 1060 g/mol. The predicted molar refractivity (Wildman–Crippen MR) is 270 cm³/mol. The molecule has 3 rings (SSSR count). The molecule has 1 aliphatic heterocycles. The van der Waals surface area contributed by atoms with Crippen molar-refractivity contribution in [2.75, 3.05) is 31.1 Å². The monoisotopic (exact) mass is 1060 g/mol. The quantitative estimate of drug-likeness (QED) is 0.0251. The van der Waals surface area contributed by atoms with E-state index in [1.807, 2.05) is 0 Å². The Morgan fingerprint density at radius 3 is 1.73 bits per heavy atom. The number of primary amides is 2. The van der Waals surface area contributed by atoms with Gasteiger partial charge in [-0.2, -0.15) is 25.3 Å². The van der Waals surface area contributed by atoms with Crippen LogP contribution in [0.15, 0.2) is 54.6 Å². The summed E-state index contributed by atoms with van der Waals surface area (Å²) < 4.78 is 0. The van der Waals surface area contributed by atoms with Crippen LogP contribution in [0, 0.1) is 0 Å². The van der Waals surface area contributed by atoms with E-state index in [1.165, 1.54) is 29.2 Å². The largest absolute Gasteiger partial charge is 0.508 e. The zero-order valence-corrected chi connectivity index (χ0v) is 41.7. The summed E-state index contributed by atoms with van der Waals surface area (Å²) in [5.74, 6) is -10.8. The van der Waals surface area contributed by atoms with Crippen molar-refractivity contribution in [3.05, 3.63) is 65.7 Å². The van der Waals surface area contributed by atoms with Gasteiger partial charge in [-0.05, 0) is 68.3 Å². The van der Waals surface area contributed by atoms with E-state index in [9.17, 15) is 57.8 Å². The highest BCUT2D eigenvalue weighted by Crippen LogP contribution is 2.20. The number of nitrogens with two attached hydrogens (primary N) is 4. The summed E-state index contributed by atoms with van der Waals surface area (Å²) in [4.78, 5) is 146. The first-order chi connectivity index (χ1) is 34.7. The van der Waals surface area contributed by atoms with Gasteiger partial charge in [0.1, 0.15) is 54.6 Å². The van der Waals surface area contributed by atoms with E-state index < -0.39 is 139 Å². The number of phenols is 1. The SMILES string of the molecule is NCCCC[C@H](NC(=O)[C@H]1CCCN1C(=O)[C@H](CS)NC(=O)[C@H](CC(N)=O)NC(=O)[C@H](CCC(N)=O)NC(=O)[C@H](Cc1ccccc1)NC(=O)[C@H](Cc1ccc(O)cc1)NC(=O)[C@@H](N)CS)C(=O)NCC(=O)O. The van der Waals surface area contributed by atoms with Crippen LogP contribution in [-0.2, 0) is 65.6 Å². The number of unbranched alkanes of at least 4 members (excludes halogenated alkanes) is 1. The van der Waals surface area contributed by atoms with Crippen molar-refractivity contribution < 1.29 is 63.0 Å². The highest BCUT2D eigenvalue weighted by molar-refractivity contribution is 7.80. The minimum Gasteiger partial charge on any atom is -0.508 e. The summed E-state index contributed by atoms with van der Waals surface area (Å²) in [5.41, 5.74) is 23.4. The normalized spacial score (nSPS) is 15.9. The first-order valence-corrected chi connectivity index (χ1v) is 24.6. The fourth-order valence-electron chi connectivity index (χ4n) is 7.56. The molecule has 1 heterocycles. The van der Waals surface area contributed by atoms with Crippen LogP contribution in [0.2, 0.25) is 0 Å². The van der Waals surface area contributed by atoms with Gasteiger partial charge in [-0.25, -0.2) is 0 Å². The molecule has 73 heavy (non-hydrogen) atoms. The third-order valence-corrected chi connectivity index (χ3v) is 12.2. The fraction of sp³-hybridized carbons (Fsp3) is 0.500. The maximum absolute atomic E-state index is 14.3. The molecule has 0 radical (unpaired) electrons. The highest BCUT2D eigenvalue weighted by Gasteiger charge is 2.40. The number of carboxylic acids is 1. The molecule has 0 unspecified atom stereocenters. The molecule has 0 bridgehead atoms. The van der Waals surface area contributed by atoms with Crippen LogP contribution in [0.5, 0.6) is 5.75 Å². The maximum atomic E-state index is 14.3. The van der Waals surface area contributed by atoms with Crippen molar-refractivity contribution in [1.29, 1.82) is 0 Å². The Kier molecular flexibility index (Phi) is 25.5. The van der Waals surface area contributed by atoms with Crippen LogP contribution >= 0.6 is 25.3 Å². The molecule has 0 saturated carbocycles. The van der Waals surface area contributed by atoms with Gasteiger partial charge in [0.2, 0.25) is 59.1 Å². The van der Waals surface area contributed by atoms with Crippen molar-refractivity contribution in [2.24, 2.45) is 22.9 Å². The summed E-state index contributed by atoms with van der Waals surface area (Å²) >= 11 is 8.29. The Labute approximate surface area is 432 Å². The first-order valence-electron chi connectivity index (χ1n) is 23.4. The number of carboxylic acid groups (broad SMARTS) is 1. The van der Waals surface area contributed by atoms with Gasteiger partial charge in [0, 0.05) is 37.3 Å². The van der Waals surface area contributed by atoms with E-state index in [-0.39, 0.29) is 49.5 Å². The van der Waals surface area contributed by atoms with Gasteiger partial charge >= 0.3 is 5.97 Å². The summed E-state index contributed by atoms with van der Waals surface area (Å²) in [6.07, 6.45) is -0.497. The summed E-state index contributed by atoms with van der Waals surface area (Å²) in [5, 5.41) is 36.1. The molecule has 0 spiro atoms. The average Bonchev–Trinajstić information content (AvgIpc) is 3.86. The van der Waals surface area contributed by atoms with Gasteiger partial charge < -0.3 is 75.3 Å². The third kappa shape index (κ3) is 20.6. The molecule has 8 atom stereocenters. The van der Waals surface area contributed by atoms with Crippen molar-refractivity contribution in [2.45, 2.75) is 113 Å². The number of hydrogen-bond acceptors (Lipinski definition) is 16. The van der Waals surface area contributed by atoms with Crippen LogP contribution in [0.25, 0.3) is 0 Å². The Morgan fingerprint density at radius 1 is 0.630 bits per heavy atom. The standard InChI is InChI=1S/C46H66N12O13S2/c47-17-5-4-9-29(40(65)51-22-38(62)63)53-45(70)35-10-6-18-58(35)46(71)34(24-73)57-44(69)33(21-37(50)61)56-41(66)30(15-16-36(49)60)52-42(67)32(19-25-7-2-1-3-8-25)55-43(68)31(54-39(64)28(48)23-72)20-26-11-13-27(59)14-12-26/h1-3,7-8,11-14,28-35,59,72-73H,4-6,9-10,15-24,47-48H2,(H2,49,60)(H2,50,61)(H,51,65)(H,52,67)(H,53,70)(H,54,64)(H,55,68)(H,56,66)(H,57,69)(H,62,63)/t28-,29-,30-,31-,32-,33-,34-,35+/m0/s1. The number of aliphatic carboxylic acids is 1. The maximum Gasteiger partial charge on any atom is 0.322 e. The number of carbonyl (C=O) groups is 11. The van der Waals surface area contributed by atoms with Gasteiger partial charge in [0.25, 0.3) is 0 Å². The van der Waals surface area contributed by atoms with Crippen LogP contribution in [0.3, 0.4) is 0 Å². The summed E-state index contributed by atoms with van der Waals surface area (Å²) in [6, 6.07) is 3.09. The Balaban J connectivity index is 1.86. The number of phenolic OH excluding ortho intramolecular Hbond substituents is 1. The molecular weight excluding hydrogens is 993 g/mol. The molecule has 27 heteroatoms. The second-order valence-corrected chi connectivity index (χ2v) is 17.9. The molecule has 0 aromatic heterocycles. The van der Waals surface area contributed by atoms with Gasteiger partial charge in [0.15, 0.2) is 0 Å². The lowest BCUT2D eigenvalue weighted by atomic mass is 10.0. The number of nitrogens with one attached hydrogen (secondary N) is 7. The van der Waals surface area contributed by atoms with Gasteiger partial charge in [-0.3, -0.25) is 52.7 Å². The number of benzene rings is 2. The topological polar surface area (TPSA) is 420 Å². The number of carbonyl (C=O) groups excluding carboxylic acids is 10. The first kappa shape index (κ1) is 60.3. The number of amides is 10. The Morgan fingerprint density at radius 2 is 1.16 bits per heavy atom. The van der Waals surface area contributed by atoms with E-state index >= 15 is 0 Å². The van der Waals surface area contributed by atoms with Gasteiger partial charge in [0.05, 0.1) is 12.5 Å². The molecule has 0 aliphatic carbocycles. The van der Waals surface area contributed by atoms with Crippen LogP contribution in [0.1, 0.15) is 62.5 Å². The lowest BCUT2D eigenvalue weighted by Crippen LogP contribution is -2.61. The van der Waals surface area contributed by atoms with Gasteiger partial charge in [-0.1, -0.05) is 42.5 Å². The van der Waals surface area contributed by atoms with E-state index in [2.05, 4.69) is 62.5 Å². The summed E-state index contributed by atoms with van der Waals surface area (Å²) in [6.45, 7) is -0.349. The molecular formula is C46H66N12O13S2. The van der Waals surface area contributed by atoms with Crippen LogP contribution in [0.4, 0.5) is 0 Å². The molecule has 2 aromatic carbocycles. The second-order valence-electron chi connectivity index (χ2n) is 17.2. The number of hydrogen-bond donors (Lipinski definition) is 15. The lowest BCUT2D eigenvalue weighted by molar-refractivity contribution is -0.142. The number of thiol groups is 2. The van der Waals surface area contributed by atoms with Crippen LogP contribution < -0.4 is 60.2 Å². The third-order valence-electron chi connectivity index (χ3n) is 11.4. The molecule has 1 fully saturated rings. The minimum absolute atomic E-state index is 0.0481. The van der Waals surface area contributed by atoms with E-state index in [0.717, 1.165) is 0 Å². The Bertz CT molecular complexity index is 2260. The van der Waals surface area contributed by atoms with Crippen molar-refractivity contribution in [3.8, 4) is 5.75 Å². The van der Waals surface area contributed by atoms with Gasteiger partial charge in [-0.15, -0.1) is 0 Å². The van der Waals surface area contributed by atoms with Crippen molar-refractivity contribution in [1.82, 2.24) is 42.1 Å². The second kappa shape index (κ2) is 30.8. The zero-order chi connectivity index (χ0) is 54.2. The highest BCUT2D eigenvalue weighted by atomic mass is 32.1. The molecule has 1 saturated heterocycles. The van der Waals surface area contributed by atoms with Crippen molar-refractivity contribution >= 4 is 90.3 Å². The van der Waals surface area contributed by atoms with E-state index in [0.29, 0.717) is 36.9 Å². The molecule has 17 N–H and O–H groups in total. The molecule has 25 nitrogen and oxygen atoms in total. The number of nitrogens with zero attached hydrogens (tertiary/aromatic N) is 1. The van der Waals surface area contributed by atoms with Crippen LogP contribution in [-0.4, -0.2) is 160 Å². The predicted octanol–water partition coefficient (Wildman–Crippen LogP) is -4.27. The molecule has 400 valence electrons. The summed E-state index contributed by atoms with van der Waals surface area (Å²) in [7, 11) is 0. The van der Waals surface area contributed by atoms with Crippen molar-refractivity contribution in [3.63, 3.8) is 0 Å². The number of likely N-dealkylation sites (tertiary alicyclic amines) is 1. The number of rotatable bonds is 31.